The van der Waals surface area contributed by atoms with Crippen LogP contribution in [0.5, 0.6) is 0 Å². The van der Waals surface area contributed by atoms with Crippen LogP contribution in [0.1, 0.15) is 42.5 Å². The third kappa shape index (κ3) is 5.85. The summed E-state index contributed by atoms with van der Waals surface area (Å²) in [6, 6.07) is 7.59. The molecule has 172 valence electrons. The lowest BCUT2D eigenvalue weighted by atomic mass is 10.2. The smallest absolute Gasteiger partial charge is 0.254 e. The second-order valence-electron chi connectivity index (χ2n) is 7.67. The van der Waals surface area contributed by atoms with Gasteiger partial charge in [-0.25, -0.2) is 4.98 Å². The average Bonchev–Trinajstić information content (AvgIpc) is 3.29. The topological polar surface area (TPSA) is 146 Å². The number of carbonyl (C=O) groups excluding carboxylic acids is 2. The number of amides is 2. The number of unbranched alkanes of at least 4 members (excludes halogenated alkanes) is 2. The highest BCUT2D eigenvalue weighted by Crippen LogP contribution is 2.27. The summed E-state index contributed by atoms with van der Waals surface area (Å²) in [7, 11) is 1.66. The van der Waals surface area contributed by atoms with Gasteiger partial charge in [-0.05, 0) is 56.4 Å². The lowest BCUT2D eigenvalue weighted by molar-refractivity contribution is -0.121. The number of nitrogens with two attached hydrogens (primary N) is 1. The molecule has 2 amide bonds. The van der Waals surface area contributed by atoms with Crippen molar-refractivity contribution < 1.29 is 14.7 Å². The molecule has 0 radical (unpaired) electrons. The van der Waals surface area contributed by atoms with Gasteiger partial charge in [-0.1, -0.05) is 0 Å². The molecule has 0 aliphatic carbocycles. The molecule has 1 aromatic carbocycles. The first-order valence-electron chi connectivity index (χ1n) is 10.9. The minimum absolute atomic E-state index is 0.0315. The van der Waals surface area contributed by atoms with Crippen LogP contribution in [0.3, 0.4) is 0 Å². The summed E-state index contributed by atoms with van der Waals surface area (Å²) in [4.78, 5) is 34.5. The highest BCUT2D eigenvalue weighted by atomic mass is 16.3. The van der Waals surface area contributed by atoms with Crippen LogP contribution < -0.4 is 26.6 Å². The number of aliphatic hydroxyl groups is 1. The van der Waals surface area contributed by atoms with Gasteiger partial charge in [0.1, 0.15) is 11.9 Å². The van der Waals surface area contributed by atoms with Crippen LogP contribution in [0.2, 0.25) is 0 Å². The molecular weight excluding hydrogens is 410 g/mol. The molecule has 1 fully saturated rings. The number of benzene rings is 1. The molecule has 6 N–H and O–H groups in total. The number of carbonyl (C=O) groups is 2. The number of rotatable bonds is 11. The van der Waals surface area contributed by atoms with E-state index in [1.807, 2.05) is 24.3 Å². The number of aliphatic hydroxyl groups excluding tert-OH is 1. The average molecular weight is 442 g/mol. The number of nitrogens with zero attached hydrogens (tertiary/aromatic N) is 3. The molecule has 10 nitrogen and oxygen atoms in total. The Morgan fingerprint density at radius 3 is 2.69 bits per heavy atom. The van der Waals surface area contributed by atoms with E-state index in [4.69, 9.17) is 10.8 Å². The Bertz CT molecular complexity index is 920. The van der Waals surface area contributed by atoms with Gasteiger partial charge >= 0.3 is 0 Å². The van der Waals surface area contributed by atoms with Crippen molar-refractivity contribution in [1.82, 2.24) is 15.3 Å². The SMILES string of the molecule is CNC(=O)[C@H]1CCCN1c1ccc(Nc2ncc(C(N)=O)c(NCCCCCO)n2)cc1. The minimum atomic E-state index is -0.602. The molecule has 2 heterocycles. The summed E-state index contributed by atoms with van der Waals surface area (Å²) in [6.45, 7) is 1.61. The Balaban J connectivity index is 1.68. The zero-order valence-corrected chi connectivity index (χ0v) is 18.3. The first kappa shape index (κ1) is 23.3. The number of hydrogen-bond acceptors (Lipinski definition) is 8. The van der Waals surface area contributed by atoms with Gasteiger partial charge in [0.25, 0.3) is 5.91 Å². The van der Waals surface area contributed by atoms with E-state index >= 15 is 0 Å². The molecule has 1 aromatic heterocycles. The number of nitrogens with one attached hydrogen (secondary N) is 3. The van der Waals surface area contributed by atoms with E-state index in [1.165, 1.54) is 6.20 Å². The van der Waals surface area contributed by atoms with Crippen LogP contribution in [-0.2, 0) is 4.79 Å². The van der Waals surface area contributed by atoms with Crippen molar-refractivity contribution >= 4 is 35.0 Å². The Kier molecular flexibility index (Phi) is 8.20. The molecule has 2 aromatic rings. The molecule has 0 bridgehead atoms. The predicted octanol–water partition coefficient (Wildman–Crippen LogP) is 1.61. The fourth-order valence-corrected chi connectivity index (χ4v) is 3.76. The van der Waals surface area contributed by atoms with Crippen molar-refractivity contribution in [1.29, 1.82) is 0 Å². The van der Waals surface area contributed by atoms with E-state index < -0.39 is 5.91 Å². The van der Waals surface area contributed by atoms with Crippen molar-refractivity contribution in [3.8, 4) is 0 Å². The fourth-order valence-electron chi connectivity index (χ4n) is 3.76. The van der Waals surface area contributed by atoms with Gasteiger partial charge in [-0.3, -0.25) is 9.59 Å². The van der Waals surface area contributed by atoms with E-state index in [9.17, 15) is 9.59 Å². The number of hydrogen-bond donors (Lipinski definition) is 5. The van der Waals surface area contributed by atoms with E-state index in [1.54, 1.807) is 7.05 Å². The van der Waals surface area contributed by atoms with E-state index in [-0.39, 0.29) is 24.1 Å². The maximum atomic E-state index is 12.1. The van der Waals surface area contributed by atoms with Crippen LogP contribution in [0.4, 0.5) is 23.1 Å². The maximum Gasteiger partial charge on any atom is 0.254 e. The molecule has 3 rings (SSSR count). The second kappa shape index (κ2) is 11.3. The van der Waals surface area contributed by atoms with Crippen molar-refractivity contribution in [2.75, 3.05) is 42.3 Å². The van der Waals surface area contributed by atoms with Crippen molar-refractivity contribution in [2.45, 2.75) is 38.1 Å². The maximum absolute atomic E-state index is 12.1. The van der Waals surface area contributed by atoms with Gasteiger partial charge in [0.05, 0.1) is 5.56 Å². The summed E-state index contributed by atoms with van der Waals surface area (Å²) in [5.74, 6) is 0.144. The Labute approximate surface area is 187 Å². The number of likely N-dealkylation sites (N-methyl/N-ethyl adjacent to an activating group) is 1. The molecular formula is C22H31N7O3. The molecule has 1 aliphatic rings. The quantitative estimate of drug-likeness (QED) is 0.331. The van der Waals surface area contributed by atoms with E-state index in [0.717, 1.165) is 50.0 Å². The van der Waals surface area contributed by atoms with Gasteiger partial charge in [0.15, 0.2) is 0 Å². The largest absolute Gasteiger partial charge is 0.396 e. The first-order chi connectivity index (χ1) is 15.5. The second-order valence-corrected chi connectivity index (χ2v) is 7.67. The summed E-state index contributed by atoms with van der Waals surface area (Å²) < 4.78 is 0. The Hall–Kier alpha value is -3.40. The third-order valence-corrected chi connectivity index (χ3v) is 5.44. The Morgan fingerprint density at radius 2 is 2.00 bits per heavy atom. The number of primary amides is 1. The fraction of sp³-hybridized carbons (Fsp3) is 0.455. The van der Waals surface area contributed by atoms with Gasteiger partial charge < -0.3 is 31.7 Å². The van der Waals surface area contributed by atoms with Crippen molar-refractivity contribution in [3.05, 3.63) is 36.0 Å². The molecule has 0 spiro atoms. The molecule has 0 unspecified atom stereocenters. The van der Waals surface area contributed by atoms with E-state index in [0.29, 0.717) is 18.3 Å². The van der Waals surface area contributed by atoms with E-state index in [2.05, 4.69) is 30.8 Å². The van der Waals surface area contributed by atoms with Gasteiger partial charge in [-0.2, -0.15) is 4.98 Å². The molecule has 1 aliphatic heterocycles. The lowest BCUT2D eigenvalue weighted by Crippen LogP contribution is -2.41. The van der Waals surface area contributed by atoms with Gasteiger partial charge in [-0.15, -0.1) is 0 Å². The van der Waals surface area contributed by atoms with Crippen LogP contribution in [-0.4, -0.2) is 59.7 Å². The summed E-state index contributed by atoms with van der Waals surface area (Å²) in [5.41, 5.74) is 7.43. The zero-order chi connectivity index (χ0) is 22.9. The summed E-state index contributed by atoms with van der Waals surface area (Å²) in [5, 5.41) is 17.9. The standard InChI is InChI=1S/C22H31N7O3/c1-24-21(32)18-6-5-12-29(18)16-9-7-15(8-10-16)27-22-26-14-17(19(23)31)20(28-22)25-11-3-2-4-13-30/h7-10,14,18,30H,2-6,11-13H2,1H3,(H2,23,31)(H,24,32)(H2,25,26,27,28)/t18-/m1/s1. The van der Waals surface area contributed by atoms with Crippen LogP contribution in [0.25, 0.3) is 0 Å². The third-order valence-electron chi connectivity index (χ3n) is 5.44. The van der Waals surface area contributed by atoms with Crippen molar-refractivity contribution in [3.63, 3.8) is 0 Å². The molecule has 1 atom stereocenters. The molecule has 0 saturated carbocycles. The normalized spacial score (nSPS) is 15.4. The zero-order valence-electron chi connectivity index (χ0n) is 18.3. The monoisotopic (exact) mass is 441 g/mol. The molecule has 1 saturated heterocycles. The number of anilines is 4. The van der Waals surface area contributed by atoms with Gasteiger partial charge in [0.2, 0.25) is 11.9 Å². The van der Waals surface area contributed by atoms with Crippen LogP contribution in [0, 0.1) is 0 Å². The molecule has 32 heavy (non-hydrogen) atoms. The summed E-state index contributed by atoms with van der Waals surface area (Å²) >= 11 is 0. The first-order valence-corrected chi connectivity index (χ1v) is 10.9. The van der Waals surface area contributed by atoms with Crippen molar-refractivity contribution in [2.24, 2.45) is 5.73 Å². The highest BCUT2D eigenvalue weighted by Gasteiger charge is 2.30. The van der Waals surface area contributed by atoms with Crippen LogP contribution >= 0.6 is 0 Å². The van der Waals surface area contributed by atoms with Gasteiger partial charge in [0, 0.05) is 44.3 Å². The number of aromatic nitrogens is 2. The molecule has 10 heteroatoms. The highest BCUT2D eigenvalue weighted by molar-refractivity contribution is 5.97. The minimum Gasteiger partial charge on any atom is -0.396 e. The predicted molar refractivity (Wildman–Crippen MR) is 124 cm³/mol. The van der Waals surface area contributed by atoms with Crippen LogP contribution in [0.15, 0.2) is 30.5 Å². The summed E-state index contributed by atoms with van der Waals surface area (Å²) in [6.07, 6.45) is 5.66. The Morgan fingerprint density at radius 1 is 1.22 bits per heavy atom. The lowest BCUT2D eigenvalue weighted by Gasteiger charge is -2.25.